The van der Waals surface area contributed by atoms with Gasteiger partial charge in [-0.3, -0.25) is 10.1 Å². The van der Waals surface area contributed by atoms with Crippen LogP contribution < -0.4 is 5.32 Å². The van der Waals surface area contributed by atoms with Gasteiger partial charge in [-0.2, -0.15) is 5.10 Å². The van der Waals surface area contributed by atoms with Crippen molar-refractivity contribution in [3.8, 4) is 0 Å². The van der Waals surface area contributed by atoms with Crippen LogP contribution in [0.3, 0.4) is 0 Å². The first-order chi connectivity index (χ1) is 9.41. The maximum atomic E-state index is 11.3. The van der Waals surface area contributed by atoms with Crippen molar-refractivity contribution in [2.24, 2.45) is 14.1 Å². The first-order valence-corrected chi connectivity index (χ1v) is 6.33. The van der Waals surface area contributed by atoms with E-state index in [0.29, 0.717) is 18.1 Å². The van der Waals surface area contributed by atoms with Gasteiger partial charge in [-0.1, -0.05) is 13.8 Å². The van der Waals surface area contributed by atoms with E-state index in [0.717, 1.165) is 5.82 Å². The molecule has 0 aromatic carbocycles. The Kier molecular flexibility index (Phi) is 3.73. The number of anilines is 1. The number of aromatic nitrogens is 4. The second-order valence-electron chi connectivity index (χ2n) is 4.93. The fourth-order valence-corrected chi connectivity index (χ4v) is 2.03. The third kappa shape index (κ3) is 2.49. The molecule has 108 valence electrons. The normalized spacial score (nSPS) is 11.1. The molecule has 0 saturated heterocycles. The zero-order valence-electron chi connectivity index (χ0n) is 12.0. The van der Waals surface area contributed by atoms with Gasteiger partial charge in [0.2, 0.25) is 5.82 Å². The van der Waals surface area contributed by atoms with E-state index in [1.807, 2.05) is 31.7 Å². The van der Waals surface area contributed by atoms with E-state index in [2.05, 4.69) is 15.4 Å². The first-order valence-electron chi connectivity index (χ1n) is 6.33. The van der Waals surface area contributed by atoms with Crippen LogP contribution in [-0.4, -0.2) is 24.3 Å². The molecule has 0 spiro atoms. The number of nitrogens with zero attached hydrogens (tertiary/aromatic N) is 5. The highest BCUT2D eigenvalue weighted by molar-refractivity contribution is 5.60. The summed E-state index contributed by atoms with van der Waals surface area (Å²) in [7, 11) is 3.57. The van der Waals surface area contributed by atoms with E-state index in [4.69, 9.17) is 0 Å². The SMILES string of the molecule is CC(C)c1nn(C)c(NCc2nccn2C)c1[N+](=O)[O-]. The highest BCUT2D eigenvalue weighted by Crippen LogP contribution is 2.32. The molecule has 0 fully saturated rings. The molecular weight excluding hydrogens is 260 g/mol. The molecule has 8 heteroatoms. The average molecular weight is 278 g/mol. The molecular formula is C12H18N6O2. The number of nitro groups is 1. The van der Waals surface area contributed by atoms with E-state index in [9.17, 15) is 10.1 Å². The average Bonchev–Trinajstić information content (AvgIpc) is 2.90. The molecule has 2 rings (SSSR count). The monoisotopic (exact) mass is 278 g/mol. The Morgan fingerprint density at radius 3 is 2.65 bits per heavy atom. The summed E-state index contributed by atoms with van der Waals surface area (Å²) in [5.41, 5.74) is 0.525. The minimum Gasteiger partial charge on any atom is -0.357 e. The second kappa shape index (κ2) is 5.32. The summed E-state index contributed by atoms with van der Waals surface area (Å²) >= 11 is 0. The van der Waals surface area contributed by atoms with Crippen LogP contribution in [0.1, 0.15) is 31.3 Å². The molecule has 0 amide bonds. The number of aryl methyl sites for hydroxylation is 2. The standard InChI is InChI=1S/C12H18N6O2/c1-8(2)10-11(18(19)20)12(17(4)15-10)14-7-9-13-5-6-16(9)3/h5-6,8,14H,7H2,1-4H3. The van der Waals surface area contributed by atoms with E-state index >= 15 is 0 Å². The molecule has 0 aliphatic carbocycles. The molecule has 0 radical (unpaired) electrons. The minimum atomic E-state index is -0.386. The predicted octanol–water partition coefficient (Wildman–Crippen LogP) is 1.80. The molecule has 0 atom stereocenters. The van der Waals surface area contributed by atoms with Gasteiger partial charge in [0.15, 0.2) is 0 Å². The number of hydrogen-bond acceptors (Lipinski definition) is 5. The van der Waals surface area contributed by atoms with Gasteiger partial charge < -0.3 is 9.88 Å². The van der Waals surface area contributed by atoms with Crippen molar-refractivity contribution in [3.63, 3.8) is 0 Å². The lowest BCUT2D eigenvalue weighted by Gasteiger charge is -2.06. The van der Waals surface area contributed by atoms with E-state index in [1.165, 1.54) is 4.68 Å². The van der Waals surface area contributed by atoms with Crippen LogP contribution in [0.15, 0.2) is 12.4 Å². The number of hydrogen-bond donors (Lipinski definition) is 1. The van der Waals surface area contributed by atoms with E-state index in [1.54, 1.807) is 13.2 Å². The fourth-order valence-electron chi connectivity index (χ4n) is 2.03. The van der Waals surface area contributed by atoms with Crippen LogP contribution in [0.4, 0.5) is 11.5 Å². The largest absolute Gasteiger partial charge is 0.357 e. The third-order valence-electron chi connectivity index (χ3n) is 3.11. The zero-order valence-corrected chi connectivity index (χ0v) is 12.0. The van der Waals surface area contributed by atoms with Crippen LogP contribution in [0.5, 0.6) is 0 Å². The lowest BCUT2D eigenvalue weighted by Crippen LogP contribution is -2.09. The van der Waals surface area contributed by atoms with Gasteiger partial charge in [-0.25, -0.2) is 9.67 Å². The molecule has 0 saturated carbocycles. The zero-order chi connectivity index (χ0) is 14.9. The lowest BCUT2D eigenvalue weighted by molar-refractivity contribution is -0.384. The molecule has 2 aromatic heterocycles. The van der Waals surface area contributed by atoms with Crippen molar-refractivity contribution >= 4 is 11.5 Å². The molecule has 0 unspecified atom stereocenters. The Hall–Kier alpha value is -2.38. The summed E-state index contributed by atoms with van der Waals surface area (Å²) in [6.07, 6.45) is 3.52. The number of imidazole rings is 1. The molecule has 8 nitrogen and oxygen atoms in total. The van der Waals surface area contributed by atoms with Crippen LogP contribution in [0.2, 0.25) is 0 Å². The Balaban J connectivity index is 2.31. The quantitative estimate of drug-likeness (QED) is 0.665. The summed E-state index contributed by atoms with van der Waals surface area (Å²) < 4.78 is 3.37. The Bertz CT molecular complexity index is 628. The van der Waals surface area contributed by atoms with Crippen molar-refractivity contribution in [1.29, 1.82) is 0 Å². The van der Waals surface area contributed by atoms with Crippen molar-refractivity contribution in [2.45, 2.75) is 26.3 Å². The van der Waals surface area contributed by atoms with Gasteiger partial charge in [-0.15, -0.1) is 0 Å². The van der Waals surface area contributed by atoms with Crippen molar-refractivity contribution < 1.29 is 4.92 Å². The van der Waals surface area contributed by atoms with Crippen molar-refractivity contribution in [3.05, 3.63) is 34.0 Å². The molecule has 20 heavy (non-hydrogen) atoms. The summed E-state index contributed by atoms with van der Waals surface area (Å²) in [5, 5.41) is 18.6. The molecule has 0 aliphatic rings. The topological polar surface area (TPSA) is 90.8 Å². The lowest BCUT2D eigenvalue weighted by atomic mass is 10.1. The maximum Gasteiger partial charge on any atom is 0.334 e. The van der Waals surface area contributed by atoms with Gasteiger partial charge in [0, 0.05) is 32.4 Å². The highest BCUT2D eigenvalue weighted by Gasteiger charge is 2.28. The van der Waals surface area contributed by atoms with Crippen LogP contribution in [0, 0.1) is 10.1 Å². The molecule has 1 N–H and O–H groups in total. The van der Waals surface area contributed by atoms with Crippen LogP contribution >= 0.6 is 0 Å². The summed E-state index contributed by atoms with van der Waals surface area (Å²) in [5.74, 6) is 1.19. The molecule has 0 aliphatic heterocycles. The maximum absolute atomic E-state index is 11.3. The van der Waals surface area contributed by atoms with Crippen molar-refractivity contribution in [2.75, 3.05) is 5.32 Å². The smallest absolute Gasteiger partial charge is 0.334 e. The van der Waals surface area contributed by atoms with Gasteiger partial charge in [0.1, 0.15) is 11.5 Å². The van der Waals surface area contributed by atoms with Gasteiger partial charge in [0.25, 0.3) is 0 Å². The summed E-state index contributed by atoms with van der Waals surface area (Å²) in [4.78, 5) is 15.1. The van der Waals surface area contributed by atoms with E-state index in [-0.39, 0.29) is 16.5 Å². The summed E-state index contributed by atoms with van der Waals surface area (Å²) in [6.45, 7) is 4.18. The fraction of sp³-hybridized carbons (Fsp3) is 0.500. The Morgan fingerprint density at radius 2 is 2.15 bits per heavy atom. The number of rotatable bonds is 5. The van der Waals surface area contributed by atoms with Crippen LogP contribution in [0.25, 0.3) is 0 Å². The predicted molar refractivity (Wildman–Crippen MR) is 74.5 cm³/mol. The van der Waals surface area contributed by atoms with Gasteiger partial charge in [0.05, 0.1) is 11.5 Å². The minimum absolute atomic E-state index is 0.00897. The molecule has 2 heterocycles. The molecule has 0 bridgehead atoms. The second-order valence-corrected chi connectivity index (χ2v) is 4.93. The molecule has 2 aromatic rings. The van der Waals surface area contributed by atoms with Gasteiger partial charge >= 0.3 is 5.69 Å². The first kappa shape index (κ1) is 14.0. The highest BCUT2D eigenvalue weighted by atomic mass is 16.6. The van der Waals surface area contributed by atoms with Crippen LogP contribution in [-0.2, 0) is 20.6 Å². The van der Waals surface area contributed by atoms with Crippen molar-refractivity contribution in [1.82, 2.24) is 19.3 Å². The third-order valence-corrected chi connectivity index (χ3v) is 3.11. The van der Waals surface area contributed by atoms with Gasteiger partial charge in [-0.05, 0) is 0 Å². The Labute approximate surface area is 116 Å². The Morgan fingerprint density at radius 1 is 1.45 bits per heavy atom. The van der Waals surface area contributed by atoms with E-state index < -0.39 is 0 Å². The summed E-state index contributed by atoms with van der Waals surface area (Å²) in [6, 6.07) is 0. The number of nitrogens with one attached hydrogen (secondary N) is 1.